The van der Waals surface area contributed by atoms with Crippen LogP contribution in [0.5, 0.6) is 0 Å². The highest BCUT2D eigenvalue weighted by atomic mass is 19.1. The zero-order valence-corrected chi connectivity index (χ0v) is 16.9. The minimum absolute atomic E-state index is 0.0977. The molecule has 156 valence electrons. The number of amides is 1. The van der Waals surface area contributed by atoms with E-state index in [1.54, 1.807) is 13.1 Å². The molecule has 0 spiro atoms. The number of aryl methyl sites for hydroxylation is 1. The molecule has 2 aliphatic heterocycles. The van der Waals surface area contributed by atoms with Gasteiger partial charge in [0, 0.05) is 45.3 Å². The third kappa shape index (κ3) is 4.24. The summed E-state index contributed by atoms with van der Waals surface area (Å²) in [6, 6.07) is 0.383. The van der Waals surface area contributed by atoms with E-state index in [0.29, 0.717) is 37.9 Å². The van der Waals surface area contributed by atoms with E-state index in [0.717, 1.165) is 31.5 Å². The van der Waals surface area contributed by atoms with Crippen molar-refractivity contribution >= 4 is 11.9 Å². The predicted octanol–water partition coefficient (Wildman–Crippen LogP) is 2.56. The Labute approximate surface area is 169 Å². The molecule has 29 heavy (non-hydrogen) atoms. The zero-order valence-electron chi connectivity index (χ0n) is 16.9. The van der Waals surface area contributed by atoms with Crippen LogP contribution in [0, 0.1) is 12.7 Å². The third-order valence-electron chi connectivity index (χ3n) is 5.80. The van der Waals surface area contributed by atoms with E-state index < -0.39 is 5.82 Å². The maximum absolute atomic E-state index is 14.7. The first-order valence-corrected chi connectivity index (χ1v) is 10.2. The van der Waals surface area contributed by atoms with Gasteiger partial charge in [0.15, 0.2) is 5.82 Å². The summed E-state index contributed by atoms with van der Waals surface area (Å²) in [4.78, 5) is 26.4. The molecule has 2 fully saturated rings. The van der Waals surface area contributed by atoms with Crippen LogP contribution in [-0.2, 0) is 9.53 Å². The van der Waals surface area contributed by atoms with Gasteiger partial charge in [-0.1, -0.05) is 0 Å². The molecule has 2 aromatic heterocycles. The van der Waals surface area contributed by atoms with Crippen molar-refractivity contribution in [1.82, 2.24) is 24.4 Å². The van der Waals surface area contributed by atoms with Crippen molar-refractivity contribution in [3.05, 3.63) is 24.0 Å². The monoisotopic (exact) mass is 402 g/mol. The lowest BCUT2D eigenvalue weighted by Crippen LogP contribution is -2.41. The fourth-order valence-electron chi connectivity index (χ4n) is 4.17. The summed E-state index contributed by atoms with van der Waals surface area (Å²) in [5, 5.41) is 3.31. The second kappa shape index (κ2) is 8.44. The number of aromatic nitrogens is 4. The smallest absolute Gasteiger partial charge is 0.223 e. The molecule has 2 saturated heterocycles. The van der Waals surface area contributed by atoms with Gasteiger partial charge in [-0.25, -0.2) is 19.3 Å². The molecule has 9 heteroatoms. The number of piperidine rings is 1. The van der Waals surface area contributed by atoms with Crippen LogP contribution in [-0.4, -0.2) is 62.7 Å². The summed E-state index contributed by atoms with van der Waals surface area (Å²) in [7, 11) is 0. The van der Waals surface area contributed by atoms with Crippen LogP contribution < -0.4 is 5.32 Å². The first-order valence-electron chi connectivity index (χ1n) is 10.2. The van der Waals surface area contributed by atoms with Crippen molar-refractivity contribution in [1.29, 1.82) is 0 Å². The number of hydrogen-bond acceptors (Lipinski definition) is 6. The van der Waals surface area contributed by atoms with Gasteiger partial charge in [0.2, 0.25) is 11.9 Å². The average Bonchev–Trinajstić information content (AvgIpc) is 3.11. The summed E-state index contributed by atoms with van der Waals surface area (Å²) in [6.45, 7) is 6.32. The van der Waals surface area contributed by atoms with Crippen LogP contribution in [0.4, 0.5) is 10.3 Å². The van der Waals surface area contributed by atoms with Crippen LogP contribution in [0.25, 0.3) is 11.4 Å². The van der Waals surface area contributed by atoms with Crippen molar-refractivity contribution in [3.63, 3.8) is 0 Å². The lowest BCUT2D eigenvalue weighted by Gasteiger charge is -2.31. The van der Waals surface area contributed by atoms with E-state index in [9.17, 15) is 9.18 Å². The second-order valence-electron chi connectivity index (χ2n) is 7.72. The van der Waals surface area contributed by atoms with E-state index in [4.69, 9.17) is 4.74 Å². The molecule has 0 bridgehead atoms. The Balaban J connectivity index is 1.55. The highest BCUT2D eigenvalue weighted by molar-refractivity contribution is 5.73. The van der Waals surface area contributed by atoms with E-state index in [1.165, 1.54) is 6.20 Å². The van der Waals surface area contributed by atoms with Gasteiger partial charge < -0.3 is 19.5 Å². The molecular formula is C20H27FN6O2. The number of carbonyl (C=O) groups excluding carboxylic acids is 1. The number of rotatable bonds is 4. The van der Waals surface area contributed by atoms with Gasteiger partial charge in [0.05, 0.1) is 18.1 Å². The summed E-state index contributed by atoms with van der Waals surface area (Å²) in [6.07, 6.45) is 6.27. The average molecular weight is 402 g/mol. The van der Waals surface area contributed by atoms with Crippen LogP contribution in [0.1, 0.15) is 44.5 Å². The Morgan fingerprint density at radius 3 is 2.59 bits per heavy atom. The summed E-state index contributed by atoms with van der Waals surface area (Å²) < 4.78 is 22.2. The number of ether oxygens (including phenoxy) is 1. The highest BCUT2D eigenvalue weighted by Gasteiger charge is 2.25. The topological polar surface area (TPSA) is 85.2 Å². The van der Waals surface area contributed by atoms with Crippen LogP contribution >= 0.6 is 0 Å². The van der Waals surface area contributed by atoms with Crippen molar-refractivity contribution in [2.75, 3.05) is 31.6 Å². The second-order valence-corrected chi connectivity index (χ2v) is 7.72. The number of imidazole rings is 1. The van der Waals surface area contributed by atoms with E-state index in [1.807, 2.05) is 11.8 Å². The SMILES string of the molecule is CC(=O)N1CCC(Nc2ncc(F)c(-c3cnc(C)n3C3CCOCC3)n2)CC1. The van der Waals surface area contributed by atoms with Crippen molar-refractivity contribution in [2.24, 2.45) is 0 Å². The molecule has 2 aromatic rings. The summed E-state index contributed by atoms with van der Waals surface area (Å²) >= 11 is 0. The minimum atomic E-state index is -0.463. The Kier molecular flexibility index (Phi) is 5.75. The Hall–Kier alpha value is -2.55. The van der Waals surface area contributed by atoms with Gasteiger partial charge in [0.1, 0.15) is 11.5 Å². The molecule has 0 aliphatic carbocycles. The quantitative estimate of drug-likeness (QED) is 0.846. The van der Waals surface area contributed by atoms with Crippen molar-refractivity contribution < 1.29 is 13.9 Å². The number of carbonyl (C=O) groups is 1. The number of likely N-dealkylation sites (tertiary alicyclic amines) is 1. The van der Waals surface area contributed by atoms with Crippen LogP contribution in [0.2, 0.25) is 0 Å². The molecule has 1 N–H and O–H groups in total. The molecule has 0 aromatic carbocycles. The summed E-state index contributed by atoms with van der Waals surface area (Å²) in [5.74, 6) is 0.881. The van der Waals surface area contributed by atoms with Gasteiger partial charge >= 0.3 is 0 Å². The highest BCUT2D eigenvalue weighted by Crippen LogP contribution is 2.30. The van der Waals surface area contributed by atoms with Crippen LogP contribution in [0.3, 0.4) is 0 Å². The fraction of sp³-hybridized carbons (Fsp3) is 0.600. The number of nitrogens with one attached hydrogen (secondary N) is 1. The normalized spacial score (nSPS) is 18.8. The maximum atomic E-state index is 14.7. The third-order valence-corrected chi connectivity index (χ3v) is 5.80. The maximum Gasteiger partial charge on any atom is 0.223 e. The van der Waals surface area contributed by atoms with E-state index in [-0.39, 0.29) is 23.7 Å². The van der Waals surface area contributed by atoms with Crippen molar-refractivity contribution in [2.45, 2.75) is 51.6 Å². The minimum Gasteiger partial charge on any atom is -0.381 e. The van der Waals surface area contributed by atoms with Gasteiger partial charge in [0.25, 0.3) is 0 Å². The molecule has 4 rings (SSSR count). The molecule has 1 amide bonds. The van der Waals surface area contributed by atoms with E-state index >= 15 is 0 Å². The van der Waals surface area contributed by atoms with Crippen molar-refractivity contribution in [3.8, 4) is 11.4 Å². The Morgan fingerprint density at radius 2 is 1.90 bits per heavy atom. The number of nitrogens with zero attached hydrogens (tertiary/aromatic N) is 5. The number of anilines is 1. The van der Waals surface area contributed by atoms with Crippen LogP contribution in [0.15, 0.2) is 12.4 Å². The van der Waals surface area contributed by atoms with Gasteiger partial charge in [-0.2, -0.15) is 0 Å². The Bertz CT molecular complexity index is 872. The van der Waals surface area contributed by atoms with E-state index in [2.05, 4.69) is 24.8 Å². The standard InChI is InChI=1S/C20H27FN6O2/c1-13-22-12-18(27(13)16-5-9-29-10-6-16)19-17(21)11-23-20(25-19)24-15-3-7-26(8-4-15)14(2)28/h11-12,15-16H,3-10H2,1-2H3,(H,23,24,25). The number of halogens is 1. The molecule has 4 heterocycles. The molecule has 0 radical (unpaired) electrons. The molecule has 0 atom stereocenters. The van der Waals surface area contributed by atoms with Gasteiger partial charge in [-0.05, 0) is 32.6 Å². The predicted molar refractivity (Wildman–Crippen MR) is 106 cm³/mol. The molecule has 0 saturated carbocycles. The first kappa shape index (κ1) is 19.8. The summed E-state index contributed by atoms with van der Waals surface area (Å²) in [5.41, 5.74) is 0.930. The lowest BCUT2D eigenvalue weighted by molar-refractivity contribution is -0.129. The van der Waals surface area contributed by atoms with Gasteiger partial charge in [-0.3, -0.25) is 4.79 Å². The number of hydrogen-bond donors (Lipinski definition) is 1. The molecule has 8 nitrogen and oxygen atoms in total. The largest absolute Gasteiger partial charge is 0.381 e. The Morgan fingerprint density at radius 1 is 1.17 bits per heavy atom. The molecule has 0 unspecified atom stereocenters. The fourth-order valence-corrected chi connectivity index (χ4v) is 4.17. The molecular weight excluding hydrogens is 375 g/mol. The molecule has 2 aliphatic rings. The van der Waals surface area contributed by atoms with Gasteiger partial charge in [-0.15, -0.1) is 0 Å². The zero-order chi connectivity index (χ0) is 20.4. The lowest BCUT2D eigenvalue weighted by atomic mass is 10.1. The first-order chi connectivity index (χ1) is 14.0.